The van der Waals surface area contributed by atoms with Crippen LogP contribution in [0.3, 0.4) is 0 Å². The molecule has 2 aromatic carbocycles. The number of Topliss-reactive ketones (excluding diaryl/α,β-unsaturated/α-hetero) is 1. The van der Waals surface area contributed by atoms with Crippen molar-refractivity contribution in [2.24, 2.45) is 0 Å². The second-order valence-corrected chi connectivity index (χ2v) is 4.64. The Morgan fingerprint density at radius 2 is 0.769 bits per heavy atom. The highest BCUT2D eigenvalue weighted by atomic mass is 16.4. The molecule has 0 radical (unpaired) electrons. The molecule has 0 bridgehead atoms. The molecule has 0 aromatic heterocycles. The van der Waals surface area contributed by atoms with Crippen molar-refractivity contribution in [3.8, 4) is 0 Å². The predicted molar refractivity (Wildman–Crippen MR) is 85.7 cm³/mol. The molecule has 0 amide bonds. The molecule has 26 heavy (non-hydrogen) atoms. The first-order chi connectivity index (χ1) is 12.2. The second-order valence-electron chi connectivity index (χ2n) is 4.64. The summed E-state index contributed by atoms with van der Waals surface area (Å²) >= 11 is 0. The molecule has 2 aromatic rings. The second kappa shape index (κ2) is 8.73. The monoisotopic (exact) mass is 360 g/mol. The first-order valence-electron chi connectivity index (χ1n) is 6.82. The maximum absolute atomic E-state index is 11.0. The SMILES string of the molecule is O=C(O)C(=O)c1ccccc1C(=O)O.O=C(O)c1ccccc1C(=O)O. The van der Waals surface area contributed by atoms with Crippen molar-refractivity contribution >= 4 is 29.7 Å². The van der Waals surface area contributed by atoms with E-state index in [9.17, 15) is 24.0 Å². The third-order valence-electron chi connectivity index (χ3n) is 2.98. The number of carboxylic acid groups (broad SMARTS) is 4. The van der Waals surface area contributed by atoms with E-state index in [0.717, 1.165) is 0 Å². The Morgan fingerprint density at radius 1 is 0.500 bits per heavy atom. The van der Waals surface area contributed by atoms with Gasteiger partial charge in [0.1, 0.15) is 0 Å². The number of carbonyl (C=O) groups is 5. The topological polar surface area (TPSA) is 166 Å². The number of hydrogen-bond acceptors (Lipinski definition) is 5. The van der Waals surface area contributed by atoms with Crippen molar-refractivity contribution in [2.45, 2.75) is 0 Å². The molecule has 4 N–H and O–H groups in total. The lowest BCUT2D eigenvalue weighted by Gasteiger charge is -2.00. The molecule has 9 heteroatoms. The van der Waals surface area contributed by atoms with Crippen LogP contribution in [0.25, 0.3) is 0 Å². The third-order valence-corrected chi connectivity index (χ3v) is 2.98. The minimum Gasteiger partial charge on any atom is -0.478 e. The van der Waals surface area contributed by atoms with Crippen LogP contribution in [0.4, 0.5) is 0 Å². The summed E-state index contributed by atoms with van der Waals surface area (Å²) in [5, 5.41) is 34.2. The highest BCUT2D eigenvalue weighted by molar-refractivity contribution is 6.41. The zero-order valence-electron chi connectivity index (χ0n) is 12.9. The highest BCUT2D eigenvalue weighted by Gasteiger charge is 2.20. The van der Waals surface area contributed by atoms with E-state index in [4.69, 9.17) is 20.4 Å². The number of ketones is 1. The lowest BCUT2D eigenvalue weighted by molar-refractivity contribution is -0.131. The van der Waals surface area contributed by atoms with Gasteiger partial charge in [0.2, 0.25) is 0 Å². The molecule has 0 unspecified atom stereocenters. The molecule has 0 spiro atoms. The minimum atomic E-state index is -1.67. The molecule has 0 saturated carbocycles. The zero-order chi connectivity index (χ0) is 19.9. The number of carbonyl (C=O) groups excluding carboxylic acids is 1. The van der Waals surface area contributed by atoms with Crippen molar-refractivity contribution in [3.05, 3.63) is 70.8 Å². The van der Waals surface area contributed by atoms with E-state index in [1.165, 1.54) is 48.5 Å². The third kappa shape index (κ3) is 4.99. The van der Waals surface area contributed by atoms with Crippen LogP contribution in [-0.4, -0.2) is 50.1 Å². The van der Waals surface area contributed by atoms with Gasteiger partial charge >= 0.3 is 23.9 Å². The first kappa shape index (κ1) is 20.0. The summed E-state index contributed by atoms with van der Waals surface area (Å²) in [7, 11) is 0. The van der Waals surface area contributed by atoms with Gasteiger partial charge in [-0.2, -0.15) is 0 Å². The fourth-order valence-electron chi connectivity index (χ4n) is 1.84. The Hall–Kier alpha value is -4.01. The minimum absolute atomic E-state index is 0.190. The van der Waals surface area contributed by atoms with Crippen molar-refractivity contribution in [3.63, 3.8) is 0 Å². The van der Waals surface area contributed by atoms with Gasteiger partial charge in [-0.15, -0.1) is 0 Å². The molecular weight excluding hydrogens is 348 g/mol. The Balaban J connectivity index is 0.000000263. The summed E-state index contributed by atoms with van der Waals surface area (Å²) < 4.78 is 0. The summed E-state index contributed by atoms with van der Waals surface area (Å²) in [6.45, 7) is 0. The molecule has 0 atom stereocenters. The molecule has 0 saturated heterocycles. The van der Waals surface area contributed by atoms with Crippen molar-refractivity contribution in [1.29, 1.82) is 0 Å². The number of aromatic carboxylic acids is 3. The quantitative estimate of drug-likeness (QED) is 0.458. The Bertz CT molecular complexity index is 850. The highest BCUT2D eigenvalue weighted by Crippen LogP contribution is 2.09. The van der Waals surface area contributed by atoms with Crippen molar-refractivity contribution in [2.75, 3.05) is 0 Å². The van der Waals surface area contributed by atoms with Gasteiger partial charge in [0.15, 0.2) is 0 Å². The van der Waals surface area contributed by atoms with Crippen LogP contribution < -0.4 is 0 Å². The van der Waals surface area contributed by atoms with E-state index >= 15 is 0 Å². The van der Waals surface area contributed by atoms with Gasteiger partial charge in [-0.25, -0.2) is 19.2 Å². The summed E-state index contributed by atoms with van der Waals surface area (Å²) in [6, 6.07) is 10.6. The van der Waals surface area contributed by atoms with Crippen LogP contribution in [0.1, 0.15) is 41.4 Å². The Kier molecular flexibility index (Phi) is 6.73. The van der Waals surface area contributed by atoms with Gasteiger partial charge in [-0.1, -0.05) is 24.3 Å². The maximum Gasteiger partial charge on any atom is 0.377 e. The van der Waals surface area contributed by atoms with Crippen LogP contribution in [0.15, 0.2) is 48.5 Å². The van der Waals surface area contributed by atoms with Gasteiger partial charge < -0.3 is 20.4 Å². The summed E-state index contributed by atoms with van der Waals surface area (Å²) in [4.78, 5) is 52.9. The Morgan fingerprint density at radius 3 is 1.04 bits per heavy atom. The first-order valence-corrected chi connectivity index (χ1v) is 6.82. The fraction of sp³-hybridized carbons (Fsp3) is 0. The maximum atomic E-state index is 11.0. The van der Waals surface area contributed by atoms with E-state index in [1.54, 1.807) is 0 Å². The van der Waals surface area contributed by atoms with Gasteiger partial charge in [-0.05, 0) is 24.3 Å². The number of carboxylic acids is 4. The molecular formula is C17H12O9. The van der Waals surface area contributed by atoms with Crippen LogP contribution in [0.5, 0.6) is 0 Å². The number of hydrogen-bond donors (Lipinski definition) is 4. The van der Waals surface area contributed by atoms with E-state index < -0.39 is 29.7 Å². The standard InChI is InChI=1S/C9H6O5.C8H6O4/c10-7(9(13)14)5-3-1-2-4-6(5)8(11)12;9-7(10)5-3-1-2-4-6(5)8(11)12/h1-4H,(H,11,12)(H,13,14);1-4H,(H,9,10)(H,11,12). The fourth-order valence-corrected chi connectivity index (χ4v) is 1.84. The molecule has 0 heterocycles. The van der Waals surface area contributed by atoms with E-state index in [-0.39, 0.29) is 22.3 Å². The average Bonchev–Trinajstić information content (AvgIpc) is 2.61. The van der Waals surface area contributed by atoms with Gasteiger partial charge in [0.05, 0.1) is 16.7 Å². The van der Waals surface area contributed by atoms with E-state index in [2.05, 4.69) is 0 Å². The number of rotatable bonds is 5. The van der Waals surface area contributed by atoms with Crippen LogP contribution in [0, 0.1) is 0 Å². The number of benzene rings is 2. The molecule has 2 rings (SSSR count). The summed E-state index contributed by atoms with van der Waals surface area (Å²) in [5.74, 6) is -6.67. The van der Waals surface area contributed by atoms with Crippen LogP contribution in [-0.2, 0) is 4.79 Å². The van der Waals surface area contributed by atoms with Crippen molar-refractivity contribution < 1.29 is 44.4 Å². The normalized spacial score (nSPS) is 9.38. The smallest absolute Gasteiger partial charge is 0.377 e. The molecule has 0 aliphatic rings. The van der Waals surface area contributed by atoms with Crippen LogP contribution in [0.2, 0.25) is 0 Å². The predicted octanol–water partition coefficient (Wildman–Crippen LogP) is 1.74. The molecule has 134 valence electrons. The average molecular weight is 360 g/mol. The van der Waals surface area contributed by atoms with Gasteiger partial charge in [0.25, 0.3) is 5.78 Å². The molecule has 0 fully saturated rings. The Labute approximate surface area is 145 Å². The van der Waals surface area contributed by atoms with Crippen LogP contribution >= 0.6 is 0 Å². The number of aliphatic carboxylic acids is 1. The van der Waals surface area contributed by atoms with E-state index in [1.807, 2.05) is 0 Å². The summed E-state index contributed by atoms with van der Waals surface area (Å²) in [5.41, 5.74) is -0.998. The molecule has 9 nitrogen and oxygen atoms in total. The lowest BCUT2D eigenvalue weighted by atomic mass is 10.0. The summed E-state index contributed by atoms with van der Waals surface area (Å²) in [6.07, 6.45) is 0. The van der Waals surface area contributed by atoms with Crippen molar-refractivity contribution in [1.82, 2.24) is 0 Å². The van der Waals surface area contributed by atoms with Gasteiger partial charge in [0, 0.05) is 5.56 Å². The van der Waals surface area contributed by atoms with E-state index in [0.29, 0.717) is 0 Å². The largest absolute Gasteiger partial charge is 0.478 e. The zero-order valence-corrected chi connectivity index (χ0v) is 12.9. The lowest BCUT2D eigenvalue weighted by Crippen LogP contribution is -2.16. The van der Waals surface area contributed by atoms with Gasteiger partial charge in [-0.3, -0.25) is 4.79 Å². The molecule has 0 aliphatic carbocycles. The molecule has 0 aliphatic heterocycles.